The molecule has 1 aromatic rings. The first-order valence-electron chi connectivity index (χ1n) is 6.30. The highest BCUT2D eigenvalue weighted by Gasteiger charge is 2.09. The van der Waals surface area contributed by atoms with Gasteiger partial charge in [0.15, 0.2) is 0 Å². The zero-order chi connectivity index (χ0) is 14.3. The number of likely N-dealkylation sites (N-methyl/N-ethyl adjacent to an activating group) is 1. The predicted molar refractivity (Wildman–Crippen MR) is 72.7 cm³/mol. The number of carbonyl (C=O) groups is 1. The maximum Gasteiger partial charge on any atom is 0.269 e. The van der Waals surface area contributed by atoms with Crippen LogP contribution < -0.4 is 5.32 Å². The molecule has 0 atom stereocenters. The third-order valence-corrected chi connectivity index (χ3v) is 2.84. The molecule has 104 valence electrons. The van der Waals surface area contributed by atoms with Gasteiger partial charge >= 0.3 is 0 Å². The fraction of sp³-hybridized carbons (Fsp3) is 0.462. The second kappa shape index (κ2) is 7.48. The van der Waals surface area contributed by atoms with Crippen molar-refractivity contribution >= 4 is 11.6 Å². The van der Waals surface area contributed by atoms with Gasteiger partial charge in [0, 0.05) is 31.8 Å². The first-order valence-corrected chi connectivity index (χ1v) is 6.30. The average Bonchev–Trinajstić information content (AvgIpc) is 2.40. The summed E-state index contributed by atoms with van der Waals surface area (Å²) in [5, 5.41) is 13.6. The normalized spacial score (nSPS) is 10.2. The van der Waals surface area contributed by atoms with Gasteiger partial charge in [-0.1, -0.05) is 12.1 Å². The van der Waals surface area contributed by atoms with Crippen LogP contribution in [0.4, 0.5) is 5.69 Å². The van der Waals surface area contributed by atoms with E-state index in [1.165, 1.54) is 12.1 Å². The highest BCUT2D eigenvalue weighted by molar-refractivity contribution is 5.78. The third-order valence-electron chi connectivity index (χ3n) is 2.84. The second-order valence-electron chi connectivity index (χ2n) is 4.10. The molecule has 0 bridgehead atoms. The van der Waals surface area contributed by atoms with Crippen molar-refractivity contribution in [3.05, 3.63) is 39.9 Å². The molecule has 0 aliphatic rings. The van der Waals surface area contributed by atoms with Crippen molar-refractivity contribution in [3.63, 3.8) is 0 Å². The zero-order valence-electron chi connectivity index (χ0n) is 11.3. The lowest BCUT2D eigenvalue weighted by Gasteiger charge is -2.18. The van der Waals surface area contributed by atoms with Gasteiger partial charge < -0.3 is 10.2 Å². The molecule has 1 aromatic carbocycles. The van der Waals surface area contributed by atoms with E-state index in [4.69, 9.17) is 0 Å². The number of nitro groups is 1. The number of hydrogen-bond acceptors (Lipinski definition) is 4. The molecule has 0 aromatic heterocycles. The highest BCUT2D eigenvalue weighted by atomic mass is 16.6. The summed E-state index contributed by atoms with van der Waals surface area (Å²) in [7, 11) is 0. The summed E-state index contributed by atoms with van der Waals surface area (Å²) in [4.78, 5) is 23.7. The highest BCUT2D eigenvalue weighted by Crippen LogP contribution is 2.12. The van der Waals surface area contributed by atoms with E-state index in [0.717, 1.165) is 5.56 Å². The third kappa shape index (κ3) is 4.67. The zero-order valence-corrected chi connectivity index (χ0v) is 11.3. The van der Waals surface area contributed by atoms with E-state index in [0.29, 0.717) is 19.6 Å². The fourth-order valence-corrected chi connectivity index (χ4v) is 1.78. The molecule has 0 aliphatic carbocycles. The van der Waals surface area contributed by atoms with Crippen molar-refractivity contribution in [3.8, 4) is 0 Å². The molecule has 6 nitrogen and oxygen atoms in total. The summed E-state index contributed by atoms with van der Waals surface area (Å²) in [6.07, 6.45) is 0. The van der Waals surface area contributed by atoms with Gasteiger partial charge in [0.2, 0.25) is 5.91 Å². The van der Waals surface area contributed by atoms with Gasteiger partial charge in [-0.2, -0.15) is 0 Å². The molecule has 0 saturated carbocycles. The van der Waals surface area contributed by atoms with Crippen LogP contribution in [0.25, 0.3) is 0 Å². The molecule has 1 amide bonds. The average molecular weight is 265 g/mol. The molecule has 19 heavy (non-hydrogen) atoms. The van der Waals surface area contributed by atoms with Gasteiger partial charge in [0.05, 0.1) is 11.5 Å². The lowest BCUT2D eigenvalue weighted by atomic mass is 10.2. The van der Waals surface area contributed by atoms with E-state index >= 15 is 0 Å². The summed E-state index contributed by atoms with van der Waals surface area (Å²) in [5.74, 6) is 0.0374. The van der Waals surface area contributed by atoms with E-state index in [1.54, 1.807) is 17.0 Å². The van der Waals surface area contributed by atoms with Crippen LogP contribution in [0.15, 0.2) is 24.3 Å². The summed E-state index contributed by atoms with van der Waals surface area (Å²) in [6, 6.07) is 6.39. The predicted octanol–water partition coefficient (Wildman–Crippen LogP) is 1.55. The van der Waals surface area contributed by atoms with E-state index in [1.807, 2.05) is 13.8 Å². The van der Waals surface area contributed by atoms with Crippen LogP contribution in [0.1, 0.15) is 19.4 Å². The Hall–Kier alpha value is -1.95. The molecule has 0 heterocycles. The standard InChI is InChI=1S/C13H19N3O3/c1-3-15(4-2)13(17)10-14-9-11-6-5-7-12(8-11)16(18)19/h5-8,14H,3-4,9-10H2,1-2H3. The molecular formula is C13H19N3O3. The maximum atomic E-state index is 11.7. The van der Waals surface area contributed by atoms with Crippen LogP contribution in [-0.2, 0) is 11.3 Å². The number of carbonyl (C=O) groups excluding carboxylic acids is 1. The van der Waals surface area contributed by atoms with Crippen molar-refractivity contribution in [1.29, 1.82) is 0 Å². The van der Waals surface area contributed by atoms with Crippen LogP contribution >= 0.6 is 0 Å². The Kier molecular flexibility index (Phi) is 5.95. The van der Waals surface area contributed by atoms with E-state index < -0.39 is 4.92 Å². The fourth-order valence-electron chi connectivity index (χ4n) is 1.78. The summed E-state index contributed by atoms with van der Waals surface area (Å²) >= 11 is 0. The lowest BCUT2D eigenvalue weighted by Crippen LogP contribution is -2.37. The Balaban J connectivity index is 2.47. The Morgan fingerprint density at radius 3 is 2.63 bits per heavy atom. The van der Waals surface area contributed by atoms with E-state index in [-0.39, 0.29) is 18.1 Å². The van der Waals surface area contributed by atoms with Crippen molar-refractivity contribution in [2.45, 2.75) is 20.4 Å². The molecule has 0 saturated heterocycles. The van der Waals surface area contributed by atoms with Gasteiger partial charge in [-0.25, -0.2) is 0 Å². The second-order valence-corrected chi connectivity index (χ2v) is 4.10. The minimum Gasteiger partial charge on any atom is -0.342 e. The number of hydrogen-bond donors (Lipinski definition) is 1. The van der Waals surface area contributed by atoms with Crippen molar-refractivity contribution in [2.75, 3.05) is 19.6 Å². The number of amides is 1. The van der Waals surface area contributed by atoms with Crippen LogP contribution in [0.5, 0.6) is 0 Å². The maximum absolute atomic E-state index is 11.7. The molecule has 0 spiro atoms. The Bertz CT molecular complexity index is 445. The number of nitrogens with one attached hydrogen (secondary N) is 1. The van der Waals surface area contributed by atoms with Crippen molar-refractivity contribution in [2.24, 2.45) is 0 Å². The summed E-state index contributed by atoms with van der Waals surface area (Å²) < 4.78 is 0. The van der Waals surface area contributed by atoms with Gasteiger partial charge in [-0.3, -0.25) is 14.9 Å². The Labute approximate surface area is 112 Å². The van der Waals surface area contributed by atoms with Gasteiger partial charge in [0.25, 0.3) is 5.69 Å². The molecule has 0 aliphatic heterocycles. The van der Waals surface area contributed by atoms with E-state index in [9.17, 15) is 14.9 Å². The van der Waals surface area contributed by atoms with Crippen molar-refractivity contribution in [1.82, 2.24) is 10.2 Å². The van der Waals surface area contributed by atoms with Gasteiger partial charge in [-0.15, -0.1) is 0 Å². The number of nitro benzene ring substituents is 1. The first-order chi connectivity index (χ1) is 9.08. The quantitative estimate of drug-likeness (QED) is 0.599. The monoisotopic (exact) mass is 265 g/mol. The van der Waals surface area contributed by atoms with Crippen LogP contribution in [0, 0.1) is 10.1 Å². The van der Waals surface area contributed by atoms with Crippen molar-refractivity contribution < 1.29 is 9.72 Å². The Morgan fingerprint density at radius 1 is 1.37 bits per heavy atom. The molecule has 0 unspecified atom stereocenters. The molecule has 1 N–H and O–H groups in total. The molecular weight excluding hydrogens is 246 g/mol. The lowest BCUT2D eigenvalue weighted by molar-refractivity contribution is -0.384. The van der Waals surface area contributed by atoms with Crippen LogP contribution in [0.3, 0.4) is 0 Å². The van der Waals surface area contributed by atoms with Crippen LogP contribution in [-0.4, -0.2) is 35.4 Å². The topological polar surface area (TPSA) is 75.5 Å². The summed E-state index contributed by atoms with van der Waals surface area (Å²) in [5.41, 5.74) is 0.857. The van der Waals surface area contributed by atoms with Crippen LogP contribution in [0.2, 0.25) is 0 Å². The number of rotatable bonds is 7. The molecule has 6 heteroatoms. The SMILES string of the molecule is CCN(CC)C(=O)CNCc1cccc([N+](=O)[O-])c1. The number of nitrogens with zero attached hydrogens (tertiary/aromatic N) is 2. The smallest absolute Gasteiger partial charge is 0.269 e. The number of non-ortho nitro benzene ring substituents is 1. The minimum absolute atomic E-state index is 0.0374. The van der Waals surface area contributed by atoms with Gasteiger partial charge in [0.1, 0.15) is 0 Å². The first kappa shape index (κ1) is 15.1. The molecule has 1 rings (SSSR count). The molecule has 0 radical (unpaired) electrons. The minimum atomic E-state index is -0.426. The summed E-state index contributed by atoms with van der Waals surface area (Å²) in [6.45, 7) is 5.92. The molecule has 0 fully saturated rings. The largest absolute Gasteiger partial charge is 0.342 e. The Morgan fingerprint density at radius 2 is 2.05 bits per heavy atom. The van der Waals surface area contributed by atoms with Gasteiger partial charge in [-0.05, 0) is 19.4 Å². The number of benzene rings is 1. The van der Waals surface area contributed by atoms with E-state index in [2.05, 4.69) is 5.32 Å².